The number of aromatic nitrogens is 6. The Balaban J connectivity index is 1.65. The van der Waals surface area contributed by atoms with Gasteiger partial charge in [0.2, 0.25) is 0 Å². The Morgan fingerprint density at radius 3 is 2.62 bits per heavy atom. The van der Waals surface area contributed by atoms with Gasteiger partial charge in [-0.05, 0) is 39.0 Å². The number of alkyl halides is 3. The highest BCUT2D eigenvalue weighted by Crippen LogP contribution is 2.34. The Bertz CT molecular complexity index is 1530. The van der Waals surface area contributed by atoms with E-state index in [0.29, 0.717) is 29.6 Å². The molecule has 192 valence electrons. The summed E-state index contributed by atoms with van der Waals surface area (Å²) in [6.45, 7) is 5.57. The Hall–Kier alpha value is -4.42. The largest absolute Gasteiger partial charge is 0.419 e. The first kappa shape index (κ1) is 25.7. The van der Waals surface area contributed by atoms with Crippen LogP contribution in [-0.4, -0.2) is 35.7 Å². The van der Waals surface area contributed by atoms with Crippen molar-refractivity contribution >= 4 is 5.91 Å². The number of hydrogen-bond acceptors (Lipinski definition) is 6. The molecule has 3 aromatic heterocycles. The van der Waals surface area contributed by atoms with Crippen molar-refractivity contribution in [3.8, 4) is 16.9 Å². The van der Waals surface area contributed by atoms with Crippen LogP contribution < -0.4 is 10.9 Å². The number of halogens is 4. The first-order chi connectivity index (χ1) is 17.5. The van der Waals surface area contributed by atoms with Crippen LogP contribution in [0, 0.1) is 12.7 Å². The van der Waals surface area contributed by atoms with Crippen LogP contribution in [0.5, 0.6) is 0 Å². The molecule has 37 heavy (non-hydrogen) atoms. The number of carbonyl (C=O) groups is 1. The lowest BCUT2D eigenvalue weighted by Crippen LogP contribution is -2.31. The summed E-state index contributed by atoms with van der Waals surface area (Å²) in [6.07, 6.45) is -1.91. The summed E-state index contributed by atoms with van der Waals surface area (Å²) < 4.78 is 56.3. The van der Waals surface area contributed by atoms with Crippen molar-refractivity contribution in [2.75, 3.05) is 0 Å². The van der Waals surface area contributed by atoms with E-state index in [0.717, 1.165) is 22.9 Å². The highest BCUT2D eigenvalue weighted by Gasteiger charge is 2.35. The zero-order valence-electron chi connectivity index (χ0n) is 19.9. The standard InChI is InChI=1S/C24H21F4N7O2/c1-4-34-20(12-30-33-34)17-10-15(11-29-13(17)2)35-21(36)9-8-19(32-35)23(37)31-14(3)16-6-5-7-18(22(16)25)24(26,27)28/h5-12,14H,4H2,1-3H3,(H,31,37)/t14-/m1/s1. The second-order valence-electron chi connectivity index (χ2n) is 8.13. The summed E-state index contributed by atoms with van der Waals surface area (Å²) in [5, 5.41) is 14.4. The molecule has 0 aliphatic rings. The number of nitrogens with zero attached hydrogens (tertiary/aromatic N) is 6. The SMILES string of the molecule is CCn1nncc1-c1cc(-n2nc(C(=O)N[C@H](C)c3cccc(C(F)(F)F)c3F)ccc2=O)cnc1C. The van der Waals surface area contributed by atoms with Crippen LogP contribution in [0.2, 0.25) is 0 Å². The number of amides is 1. The molecule has 1 amide bonds. The fraction of sp³-hybridized carbons (Fsp3) is 0.250. The van der Waals surface area contributed by atoms with Crippen molar-refractivity contribution in [3.63, 3.8) is 0 Å². The molecule has 0 radical (unpaired) electrons. The molecule has 0 bridgehead atoms. The van der Waals surface area contributed by atoms with Crippen LogP contribution in [-0.2, 0) is 12.7 Å². The molecule has 0 aliphatic heterocycles. The van der Waals surface area contributed by atoms with Crippen molar-refractivity contribution < 1.29 is 22.4 Å². The van der Waals surface area contributed by atoms with Gasteiger partial charge in [-0.15, -0.1) is 5.10 Å². The summed E-state index contributed by atoms with van der Waals surface area (Å²) in [4.78, 5) is 29.7. The average Bonchev–Trinajstić information content (AvgIpc) is 3.32. The van der Waals surface area contributed by atoms with Gasteiger partial charge in [-0.3, -0.25) is 14.6 Å². The summed E-state index contributed by atoms with van der Waals surface area (Å²) in [7, 11) is 0. The number of aryl methyl sites for hydroxylation is 2. The fourth-order valence-corrected chi connectivity index (χ4v) is 3.77. The molecule has 9 nitrogen and oxygen atoms in total. The Morgan fingerprint density at radius 1 is 1.16 bits per heavy atom. The van der Waals surface area contributed by atoms with Gasteiger partial charge >= 0.3 is 6.18 Å². The van der Waals surface area contributed by atoms with Gasteiger partial charge in [-0.25, -0.2) is 9.07 Å². The maximum absolute atomic E-state index is 14.5. The molecule has 0 unspecified atom stereocenters. The Labute approximate surface area is 207 Å². The molecule has 3 heterocycles. The van der Waals surface area contributed by atoms with Gasteiger partial charge in [-0.1, -0.05) is 17.3 Å². The quantitative estimate of drug-likeness (QED) is 0.391. The molecule has 4 aromatic rings. The van der Waals surface area contributed by atoms with E-state index < -0.39 is 35.1 Å². The van der Waals surface area contributed by atoms with E-state index in [1.165, 1.54) is 19.2 Å². The Morgan fingerprint density at radius 2 is 1.92 bits per heavy atom. The van der Waals surface area contributed by atoms with E-state index in [1.54, 1.807) is 23.9 Å². The minimum absolute atomic E-state index is 0.207. The van der Waals surface area contributed by atoms with Gasteiger partial charge in [0.05, 0.1) is 35.4 Å². The summed E-state index contributed by atoms with van der Waals surface area (Å²) in [5.74, 6) is -2.29. The molecule has 0 aliphatic carbocycles. The van der Waals surface area contributed by atoms with Crippen LogP contribution >= 0.6 is 0 Å². The number of pyridine rings is 1. The van der Waals surface area contributed by atoms with Crippen molar-refractivity contribution in [2.24, 2.45) is 0 Å². The zero-order chi connectivity index (χ0) is 26.9. The third kappa shape index (κ3) is 5.10. The van der Waals surface area contributed by atoms with Crippen LogP contribution in [0.3, 0.4) is 0 Å². The van der Waals surface area contributed by atoms with Crippen molar-refractivity contribution in [3.05, 3.63) is 87.5 Å². The minimum atomic E-state index is -4.88. The number of rotatable bonds is 6. The second-order valence-corrected chi connectivity index (χ2v) is 8.13. The predicted octanol–water partition coefficient (Wildman–Crippen LogP) is 3.86. The van der Waals surface area contributed by atoms with Gasteiger partial charge in [-0.2, -0.15) is 23.0 Å². The van der Waals surface area contributed by atoms with E-state index in [4.69, 9.17) is 0 Å². The number of nitrogens with one attached hydrogen (secondary N) is 1. The Kier molecular flexibility index (Phi) is 6.88. The summed E-state index contributed by atoms with van der Waals surface area (Å²) in [5.41, 5.74) is -0.283. The lowest BCUT2D eigenvalue weighted by molar-refractivity contribution is -0.140. The predicted molar refractivity (Wildman–Crippen MR) is 124 cm³/mol. The van der Waals surface area contributed by atoms with Gasteiger partial charge in [0, 0.05) is 29.4 Å². The normalized spacial score (nSPS) is 12.4. The molecule has 4 rings (SSSR count). The second kappa shape index (κ2) is 9.91. The summed E-state index contributed by atoms with van der Waals surface area (Å²) in [6, 6.07) is 5.66. The van der Waals surface area contributed by atoms with Gasteiger partial charge in [0.1, 0.15) is 11.5 Å². The number of benzene rings is 1. The van der Waals surface area contributed by atoms with Crippen molar-refractivity contribution in [2.45, 2.75) is 39.5 Å². The van der Waals surface area contributed by atoms with Gasteiger partial charge in [0.25, 0.3) is 11.5 Å². The maximum atomic E-state index is 14.5. The molecule has 0 saturated heterocycles. The minimum Gasteiger partial charge on any atom is -0.344 e. The van der Waals surface area contributed by atoms with E-state index in [-0.39, 0.29) is 16.9 Å². The van der Waals surface area contributed by atoms with Crippen molar-refractivity contribution in [1.82, 2.24) is 35.1 Å². The fourth-order valence-electron chi connectivity index (χ4n) is 3.77. The first-order valence-corrected chi connectivity index (χ1v) is 11.1. The lowest BCUT2D eigenvalue weighted by Gasteiger charge is -2.17. The third-order valence-electron chi connectivity index (χ3n) is 5.69. The molecule has 0 fully saturated rings. The van der Waals surface area contributed by atoms with Crippen LogP contribution in [0.15, 0.2) is 53.6 Å². The smallest absolute Gasteiger partial charge is 0.344 e. The molecular weight excluding hydrogens is 494 g/mol. The van der Waals surface area contributed by atoms with E-state index in [1.807, 2.05) is 6.92 Å². The lowest BCUT2D eigenvalue weighted by atomic mass is 10.0. The van der Waals surface area contributed by atoms with Gasteiger partial charge in [0.15, 0.2) is 0 Å². The van der Waals surface area contributed by atoms with Crippen molar-refractivity contribution in [1.29, 1.82) is 0 Å². The molecule has 1 N–H and O–H groups in total. The third-order valence-corrected chi connectivity index (χ3v) is 5.69. The molecule has 1 atom stereocenters. The van der Waals surface area contributed by atoms with Gasteiger partial charge < -0.3 is 5.32 Å². The number of hydrogen-bond donors (Lipinski definition) is 1. The maximum Gasteiger partial charge on any atom is 0.419 e. The number of carbonyl (C=O) groups excluding carboxylic acids is 1. The highest BCUT2D eigenvalue weighted by atomic mass is 19.4. The molecular formula is C24H21F4N7O2. The topological polar surface area (TPSA) is 108 Å². The highest BCUT2D eigenvalue weighted by molar-refractivity contribution is 5.92. The molecule has 0 saturated carbocycles. The first-order valence-electron chi connectivity index (χ1n) is 11.1. The van der Waals surface area contributed by atoms with Crippen LogP contribution in [0.4, 0.5) is 17.6 Å². The summed E-state index contributed by atoms with van der Waals surface area (Å²) >= 11 is 0. The van der Waals surface area contributed by atoms with E-state index >= 15 is 0 Å². The monoisotopic (exact) mass is 515 g/mol. The molecule has 13 heteroatoms. The van der Waals surface area contributed by atoms with E-state index in [2.05, 4.69) is 25.7 Å². The van der Waals surface area contributed by atoms with Crippen LogP contribution in [0.25, 0.3) is 16.9 Å². The zero-order valence-corrected chi connectivity index (χ0v) is 19.9. The molecule has 1 aromatic carbocycles. The van der Waals surface area contributed by atoms with E-state index in [9.17, 15) is 27.2 Å². The molecule has 0 spiro atoms. The van der Waals surface area contributed by atoms with Crippen LogP contribution in [0.1, 0.15) is 47.2 Å². The average molecular weight is 515 g/mol.